The molecule has 19 heavy (non-hydrogen) atoms. The van der Waals surface area contributed by atoms with Crippen LogP contribution in [0, 0.1) is 0 Å². The van der Waals surface area contributed by atoms with Crippen LogP contribution < -0.4 is 10.4 Å². The molecule has 0 aliphatic carbocycles. The molecule has 2 rings (SSSR count). The zero-order valence-corrected chi connectivity index (χ0v) is 16.2. The molecule has 1 aromatic heterocycles. The standard InChI is InChI=1S/C15H22BrNSi2/c1-18(2,3)13-7-8-17-15-12(13)9-11(16)10-14(15)19(4,5)6/h7-10H,1-6H3. The second-order valence-corrected chi connectivity index (χ2v) is 18.2. The molecule has 0 saturated carbocycles. The summed E-state index contributed by atoms with van der Waals surface area (Å²) in [5.74, 6) is 0. The Labute approximate surface area is 126 Å². The fraction of sp³-hybridized carbons (Fsp3) is 0.400. The molecule has 0 atom stereocenters. The first kappa shape index (κ1) is 14.9. The number of pyridine rings is 1. The molecular formula is C15H22BrNSi2. The Balaban J connectivity index is 2.90. The van der Waals surface area contributed by atoms with Crippen molar-refractivity contribution < 1.29 is 0 Å². The van der Waals surface area contributed by atoms with E-state index in [1.165, 1.54) is 25.7 Å². The van der Waals surface area contributed by atoms with Crippen molar-refractivity contribution in [3.63, 3.8) is 0 Å². The smallest absolute Gasteiger partial charge is 0.0805 e. The van der Waals surface area contributed by atoms with Gasteiger partial charge in [-0.1, -0.05) is 55.2 Å². The Morgan fingerprint density at radius 2 is 1.47 bits per heavy atom. The molecule has 0 spiro atoms. The first-order valence-electron chi connectivity index (χ1n) is 6.70. The Morgan fingerprint density at radius 3 is 2.00 bits per heavy atom. The number of fused-ring (bicyclic) bond motifs is 1. The molecule has 1 nitrogen and oxygen atoms in total. The SMILES string of the molecule is C[Si](C)(C)c1ccnc2c([Si](C)(C)C)cc(Br)cc12. The van der Waals surface area contributed by atoms with Crippen LogP contribution in [0.3, 0.4) is 0 Å². The summed E-state index contributed by atoms with van der Waals surface area (Å²) in [6.45, 7) is 14.4. The summed E-state index contributed by atoms with van der Waals surface area (Å²) < 4.78 is 1.19. The lowest BCUT2D eigenvalue weighted by molar-refractivity contribution is 1.42. The van der Waals surface area contributed by atoms with Gasteiger partial charge in [-0.15, -0.1) is 0 Å². The molecule has 0 aliphatic heterocycles. The predicted molar refractivity (Wildman–Crippen MR) is 95.4 cm³/mol. The summed E-state index contributed by atoms with van der Waals surface area (Å²) >= 11 is 3.69. The Kier molecular flexibility index (Phi) is 3.80. The number of benzene rings is 1. The van der Waals surface area contributed by atoms with Crippen molar-refractivity contribution in [3.05, 3.63) is 28.9 Å². The molecule has 1 aromatic carbocycles. The van der Waals surface area contributed by atoms with Crippen LogP contribution in [-0.2, 0) is 0 Å². The molecule has 0 saturated heterocycles. The Hall–Kier alpha value is -0.456. The summed E-state index contributed by atoms with van der Waals surface area (Å²) in [7, 11) is -2.74. The predicted octanol–water partition coefficient (Wildman–Crippen LogP) is 4.09. The van der Waals surface area contributed by atoms with Crippen LogP contribution in [0.15, 0.2) is 28.9 Å². The molecule has 0 radical (unpaired) electrons. The van der Waals surface area contributed by atoms with E-state index >= 15 is 0 Å². The zero-order chi connectivity index (χ0) is 14.4. The number of hydrogen-bond acceptors (Lipinski definition) is 1. The minimum absolute atomic E-state index is 1.19. The van der Waals surface area contributed by atoms with Gasteiger partial charge in [-0.2, -0.15) is 0 Å². The minimum atomic E-state index is -1.39. The highest BCUT2D eigenvalue weighted by molar-refractivity contribution is 9.10. The Morgan fingerprint density at radius 1 is 0.895 bits per heavy atom. The van der Waals surface area contributed by atoms with Crippen LogP contribution in [0.2, 0.25) is 39.3 Å². The zero-order valence-electron chi connectivity index (χ0n) is 12.6. The molecule has 2 aromatic rings. The van der Waals surface area contributed by atoms with E-state index in [0.29, 0.717) is 0 Å². The first-order valence-corrected chi connectivity index (χ1v) is 14.5. The summed E-state index contributed by atoms with van der Waals surface area (Å²) in [4.78, 5) is 4.70. The van der Waals surface area contributed by atoms with Crippen molar-refractivity contribution in [2.24, 2.45) is 0 Å². The van der Waals surface area contributed by atoms with E-state index in [9.17, 15) is 0 Å². The third kappa shape index (κ3) is 3.01. The first-order chi connectivity index (χ1) is 8.60. The molecule has 0 N–H and O–H groups in total. The van der Waals surface area contributed by atoms with E-state index < -0.39 is 16.1 Å². The van der Waals surface area contributed by atoms with Gasteiger partial charge < -0.3 is 0 Å². The van der Waals surface area contributed by atoms with Crippen LogP contribution in [-0.4, -0.2) is 21.1 Å². The molecule has 1 heterocycles. The van der Waals surface area contributed by atoms with Crippen LogP contribution in [0.25, 0.3) is 10.9 Å². The Bertz CT molecular complexity index is 624. The third-order valence-electron chi connectivity index (χ3n) is 3.43. The number of aromatic nitrogens is 1. The van der Waals surface area contributed by atoms with Gasteiger partial charge in [0.05, 0.1) is 21.7 Å². The van der Waals surface area contributed by atoms with Gasteiger partial charge in [-0.05, 0) is 28.6 Å². The molecule has 0 aliphatic rings. The van der Waals surface area contributed by atoms with Gasteiger partial charge in [0, 0.05) is 16.1 Å². The van der Waals surface area contributed by atoms with Crippen LogP contribution in [0.1, 0.15) is 0 Å². The van der Waals surface area contributed by atoms with E-state index in [1.807, 2.05) is 6.20 Å². The van der Waals surface area contributed by atoms with E-state index in [1.54, 1.807) is 0 Å². The van der Waals surface area contributed by atoms with E-state index in [-0.39, 0.29) is 0 Å². The fourth-order valence-electron chi connectivity index (χ4n) is 2.45. The third-order valence-corrected chi connectivity index (χ3v) is 7.93. The average Bonchev–Trinajstić information content (AvgIpc) is 2.24. The van der Waals surface area contributed by atoms with Crippen LogP contribution in [0.5, 0.6) is 0 Å². The van der Waals surface area contributed by atoms with Gasteiger partial charge in [0.25, 0.3) is 0 Å². The molecule has 0 unspecified atom stereocenters. The van der Waals surface area contributed by atoms with Gasteiger partial charge in [-0.3, -0.25) is 4.98 Å². The summed E-state index contributed by atoms with van der Waals surface area (Å²) in [6, 6.07) is 6.74. The lowest BCUT2D eigenvalue weighted by atomic mass is 10.2. The van der Waals surface area contributed by atoms with Crippen LogP contribution >= 0.6 is 15.9 Å². The van der Waals surface area contributed by atoms with E-state index in [0.717, 1.165) is 0 Å². The maximum atomic E-state index is 4.70. The topological polar surface area (TPSA) is 12.9 Å². The van der Waals surface area contributed by atoms with Crippen molar-refractivity contribution in [3.8, 4) is 0 Å². The van der Waals surface area contributed by atoms with Crippen molar-refractivity contribution >= 4 is 53.4 Å². The lowest BCUT2D eigenvalue weighted by Crippen LogP contribution is -2.42. The van der Waals surface area contributed by atoms with Crippen molar-refractivity contribution in [1.82, 2.24) is 4.98 Å². The minimum Gasteiger partial charge on any atom is -0.256 e. The summed E-state index contributed by atoms with van der Waals surface area (Å²) in [5, 5.41) is 4.32. The highest BCUT2D eigenvalue weighted by Gasteiger charge is 2.24. The van der Waals surface area contributed by atoms with E-state index in [4.69, 9.17) is 4.98 Å². The van der Waals surface area contributed by atoms with E-state index in [2.05, 4.69) is 73.4 Å². The molecule has 0 amide bonds. The normalized spacial score (nSPS) is 13.0. The monoisotopic (exact) mass is 351 g/mol. The molecule has 0 fully saturated rings. The van der Waals surface area contributed by atoms with Crippen molar-refractivity contribution in [2.45, 2.75) is 39.3 Å². The average molecular weight is 352 g/mol. The van der Waals surface area contributed by atoms with Crippen molar-refractivity contribution in [2.75, 3.05) is 0 Å². The van der Waals surface area contributed by atoms with Gasteiger partial charge in [0.15, 0.2) is 0 Å². The maximum absolute atomic E-state index is 4.70. The quantitative estimate of drug-likeness (QED) is 0.742. The summed E-state index contributed by atoms with van der Waals surface area (Å²) in [5.41, 5.74) is 1.22. The number of halogens is 1. The number of rotatable bonds is 2. The molecular weight excluding hydrogens is 330 g/mol. The largest absolute Gasteiger partial charge is 0.256 e. The number of hydrogen-bond donors (Lipinski definition) is 0. The van der Waals surface area contributed by atoms with Gasteiger partial charge in [0.2, 0.25) is 0 Å². The van der Waals surface area contributed by atoms with Crippen LogP contribution in [0.4, 0.5) is 0 Å². The second-order valence-electron chi connectivity index (χ2n) is 7.21. The van der Waals surface area contributed by atoms with Gasteiger partial charge in [-0.25, -0.2) is 0 Å². The van der Waals surface area contributed by atoms with Gasteiger partial charge >= 0.3 is 0 Å². The highest BCUT2D eigenvalue weighted by atomic mass is 79.9. The lowest BCUT2D eigenvalue weighted by Gasteiger charge is -2.23. The van der Waals surface area contributed by atoms with Crippen molar-refractivity contribution in [1.29, 1.82) is 0 Å². The second kappa shape index (κ2) is 4.83. The maximum Gasteiger partial charge on any atom is 0.0805 e. The molecule has 0 bridgehead atoms. The molecule has 4 heteroatoms. The molecule has 102 valence electrons. The number of nitrogens with zero attached hydrogens (tertiary/aromatic N) is 1. The highest BCUT2D eigenvalue weighted by Crippen LogP contribution is 2.20. The summed E-state index contributed by atoms with van der Waals surface area (Å²) in [6.07, 6.45) is 1.99. The fourth-order valence-corrected chi connectivity index (χ4v) is 6.19. The van der Waals surface area contributed by atoms with Gasteiger partial charge in [0.1, 0.15) is 0 Å².